The number of nitrogens with zero attached hydrogens (tertiary/aromatic N) is 2. The van der Waals surface area contributed by atoms with Crippen LogP contribution in [0.1, 0.15) is 26.7 Å². The van der Waals surface area contributed by atoms with Gasteiger partial charge in [-0.3, -0.25) is 4.79 Å². The van der Waals surface area contributed by atoms with Crippen molar-refractivity contribution in [3.63, 3.8) is 0 Å². The summed E-state index contributed by atoms with van der Waals surface area (Å²) in [4.78, 5) is 16.2. The van der Waals surface area contributed by atoms with Crippen LogP contribution in [0.15, 0.2) is 30.3 Å². The molecular weight excluding hydrogens is 224 g/mol. The summed E-state index contributed by atoms with van der Waals surface area (Å²) >= 11 is 0. The van der Waals surface area contributed by atoms with E-state index in [-0.39, 0.29) is 12.1 Å². The van der Waals surface area contributed by atoms with E-state index in [1.54, 1.807) is 0 Å². The van der Waals surface area contributed by atoms with Gasteiger partial charge in [-0.15, -0.1) is 0 Å². The number of likely N-dealkylation sites (tertiary alicyclic amines) is 1. The normalized spacial score (nSPS) is 17.3. The van der Waals surface area contributed by atoms with Crippen molar-refractivity contribution >= 4 is 11.6 Å². The second-order valence-electron chi connectivity index (χ2n) is 5.29. The first-order valence-electron chi connectivity index (χ1n) is 6.68. The first kappa shape index (κ1) is 12.9. The summed E-state index contributed by atoms with van der Waals surface area (Å²) in [6.45, 7) is 5.24. The van der Waals surface area contributed by atoms with E-state index in [9.17, 15) is 4.79 Å². The number of hydrogen-bond acceptors (Lipinski definition) is 2. The van der Waals surface area contributed by atoms with E-state index < -0.39 is 0 Å². The van der Waals surface area contributed by atoms with E-state index in [1.165, 1.54) is 0 Å². The summed E-state index contributed by atoms with van der Waals surface area (Å²) in [6.07, 6.45) is 1.85. The quantitative estimate of drug-likeness (QED) is 0.815. The summed E-state index contributed by atoms with van der Waals surface area (Å²) in [5.41, 5.74) is 1.16. The van der Waals surface area contributed by atoms with Crippen LogP contribution in [0.5, 0.6) is 0 Å². The topological polar surface area (TPSA) is 23.6 Å². The standard InChI is InChI=1S/C15H22N2O/c1-12(2)15(17-11-7-10-14(17)18)16(3)13-8-5-4-6-9-13/h4-6,8-9,12,15H,7,10-11H2,1-3H3. The maximum absolute atomic E-state index is 12.0. The van der Waals surface area contributed by atoms with Crippen LogP contribution in [-0.4, -0.2) is 30.6 Å². The van der Waals surface area contributed by atoms with Gasteiger partial charge in [-0.1, -0.05) is 32.0 Å². The Hall–Kier alpha value is -1.51. The number of para-hydroxylation sites is 1. The third-order valence-corrected chi connectivity index (χ3v) is 3.59. The Morgan fingerprint density at radius 2 is 1.89 bits per heavy atom. The monoisotopic (exact) mass is 246 g/mol. The lowest BCUT2D eigenvalue weighted by Gasteiger charge is -2.39. The number of anilines is 1. The fraction of sp³-hybridized carbons (Fsp3) is 0.533. The molecule has 18 heavy (non-hydrogen) atoms. The van der Waals surface area contributed by atoms with Crippen LogP contribution in [0.3, 0.4) is 0 Å². The molecule has 0 bridgehead atoms. The largest absolute Gasteiger partial charge is 0.354 e. The molecule has 0 radical (unpaired) electrons. The molecular formula is C15H22N2O. The smallest absolute Gasteiger partial charge is 0.224 e. The molecule has 0 spiro atoms. The van der Waals surface area contributed by atoms with E-state index in [0.29, 0.717) is 12.3 Å². The van der Waals surface area contributed by atoms with Gasteiger partial charge >= 0.3 is 0 Å². The number of carbonyl (C=O) groups excluding carboxylic acids is 1. The molecule has 0 aliphatic carbocycles. The lowest BCUT2D eigenvalue weighted by molar-refractivity contribution is -0.130. The number of amides is 1. The molecule has 0 N–H and O–H groups in total. The van der Waals surface area contributed by atoms with Gasteiger partial charge in [0.2, 0.25) is 5.91 Å². The average molecular weight is 246 g/mol. The SMILES string of the molecule is CC(C)C(N1CCCC1=O)N(C)c1ccccc1. The molecule has 0 saturated carbocycles. The Balaban J connectivity index is 2.22. The third-order valence-electron chi connectivity index (χ3n) is 3.59. The highest BCUT2D eigenvalue weighted by Crippen LogP contribution is 2.25. The molecule has 1 heterocycles. The third kappa shape index (κ3) is 2.50. The van der Waals surface area contributed by atoms with Crippen molar-refractivity contribution < 1.29 is 4.79 Å². The Labute approximate surface area is 109 Å². The van der Waals surface area contributed by atoms with Gasteiger partial charge in [-0.25, -0.2) is 0 Å². The van der Waals surface area contributed by atoms with E-state index in [1.807, 2.05) is 23.1 Å². The average Bonchev–Trinajstić information content (AvgIpc) is 2.76. The summed E-state index contributed by atoms with van der Waals surface area (Å²) < 4.78 is 0. The van der Waals surface area contributed by atoms with Crippen molar-refractivity contribution in [2.24, 2.45) is 5.92 Å². The number of benzene rings is 1. The molecule has 1 aliphatic rings. The van der Waals surface area contributed by atoms with E-state index >= 15 is 0 Å². The van der Waals surface area contributed by atoms with Crippen LogP contribution in [0.25, 0.3) is 0 Å². The summed E-state index contributed by atoms with van der Waals surface area (Å²) in [5.74, 6) is 0.703. The van der Waals surface area contributed by atoms with Gasteiger partial charge in [0.15, 0.2) is 0 Å². The van der Waals surface area contributed by atoms with E-state index in [2.05, 4.69) is 37.9 Å². The minimum atomic E-state index is 0.155. The van der Waals surface area contributed by atoms with Gasteiger partial charge in [-0.2, -0.15) is 0 Å². The second kappa shape index (κ2) is 5.42. The molecule has 1 fully saturated rings. The minimum Gasteiger partial charge on any atom is -0.354 e. The maximum Gasteiger partial charge on any atom is 0.224 e. The fourth-order valence-electron chi connectivity index (χ4n) is 2.78. The number of rotatable bonds is 4. The minimum absolute atomic E-state index is 0.155. The zero-order valence-electron chi connectivity index (χ0n) is 11.5. The molecule has 3 heteroatoms. The molecule has 1 saturated heterocycles. The van der Waals surface area contributed by atoms with Crippen LogP contribution in [0, 0.1) is 5.92 Å². The molecule has 1 unspecified atom stereocenters. The van der Waals surface area contributed by atoms with Gasteiger partial charge in [0.05, 0.1) is 0 Å². The van der Waals surface area contributed by atoms with Gasteiger partial charge in [0.25, 0.3) is 0 Å². The molecule has 98 valence electrons. The molecule has 0 aromatic heterocycles. The van der Waals surface area contributed by atoms with Crippen LogP contribution in [0.4, 0.5) is 5.69 Å². The highest BCUT2D eigenvalue weighted by Gasteiger charge is 2.32. The molecule has 1 amide bonds. The first-order valence-corrected chi connectivity index (χ1v) is 6.68. The zero-order valence-corrected chi connectivity index (χ0v) is 11.5. The first-order chi connectivity index (χ1) is 8.61. The predicted octanol–water partition coefficient (Wildman–Crippen LogP) is 2.73. The number of carbonyl (C=O) groups is 1. The van der Waals surface area contributed by atoms with Crippen molar-refractivity contribution in [1.82, 2.24) is 4.90 Å². The van der Waals surface area contributed by atoms with Crippen molar-refractivity contribution in [3.05, 3.63) is 30.3 Å². The van der Waals surface area contributed by atoms with Gasteiger partial charge in [0.1, 0.15) is 6.17 Å². The predicted molar refractivity (Wildman–Crippen MR) is 74.4 cm³/mol. The van der Waals surface area contributed by atoms with Crippen molar-refractivity contribution in [1.29, 1.82) is 0 Å². The number of hydrogen-bond donors (Lipinski definition) is 0. The highest BCUT2D eigenvalue weighted by molar-refractivity contribution is 5.78. The molecule has 2 rings (SSSR count). The van der Waals surface area contributed by atoms with E-state index in [0.717, 1.165) is 18.7 Å². The summed E-state index contributed by atoms with van der Waals surface area (Å²) in [7, 11) is 2.08. The zero-order chi connectivity index (χ0) is 13.1. The van der Waals surface area contributed by atoms with Gasteiger partial charge < -0.3 is 9.80 Å². The molecule has 3 nitrogen and oxygen atoms in total. The van der Waals surface area contributed by atoms with Gasteiger partial charge in [-0.05, 0) is 24.5 Å². The summed E-state index contributed by atoms with van der Waals surface area (Å²) in [5, 5.41) is 0. The van der Waals surface area contributed by atoms with Crippen molar-refractivity contribution in [2.45, 2.75) is 32.9 Å². The van der Waals surface area contributed by atoms with Gasteiger partial charge in [0, 0.05) is 25.7 Å². The fourth-order valence-corrected chi connectivity index (χ4v) is 2.78. The van der Waals surface area contributed by atoms with Crippen LogP contribution in [-0.2, 0) is 4.79 Å². The molecule has 1 aliphatic heterocycles. The molecule has 1 aromatic carbocycles. The molecule has 1 aromatic rings. The Bertz CT molecular complexity index is 402. The van der Waals surface area contributed by atoms with Crippen LogP contribution in [0.2, 0.25) is 0 Å². The van der Waals surface area contributed by atoms with E-state index in [4.69, 9.17) is 0 Å². The maximum atomic E-state index is 12.0. The molecule has 1 atom stereocenters. The highest BCUT2D eigenvalue weighted by atomic mass is 16.2. The summed E-state index contributed by atoms with van der Waals surface area (Å²) in [6, 6.07) is 10.3. The van der Waals surface area contributed by atoms with Crippen molar-refractivity contribution in [3.8, 4) is 0 Å². The Morgan fingerprint density at radius 3 is 2.39 bits per heavy atom. The lowest BCUT2D eigenvalue weighted by atomic mass is 10.1. The Kier molecular flexibility index (Phi) is 3.90. The van der Waals surface area contributed by atoms with Crippen LogP contribution >= 0.6 is 0 Å². The Morgan fingerprint density at radius 1 is 1.22 bits per heavy atom. The van der Waals surface area contributed by atoms with Crippen LogP contribution < -0.4 is 4.90 Å². The van der Waals surface area contributed by atoms with Crippen molar-refractivity contribution in [2.75, 3.05) is 18.5 Å². The second-order valence-corrected chi connectivity index (χ2v) is 5.29. The lowest BCUT2D eigenvalue weighted by Crippen LogP contribution is -2.50.